The zero-order valence-corrected chi connectivity index (χ0v) is 17.6. The van der Waals surface area contributed by atoms with E-state index in [0.29, 0.717) is 4.57 Å². The maximum atomic E-state index is 15.5. The Labute approximate surface area is 184 Å². The number of phosphoric acid groups is 1. The minimum Gasteiger partial charge on any atom is -0.404 e. The van der Waals surface area contributed by atoms with Crippen LogP contribution in [0.3, 0.4) is 0 Å². The molecule has 0 amide bonds. The molecule has 4 rings (SSSR count). The largest absolute Gasteiger partial charge is 0.530 e. The molecule has 2 aliphatic rings. The lowest BCUT2D eigenvalue weighted by Crippen LogP contribution is -2.43. The summed E-state index contributed by atoms with van der Waals surface area (Å²) in [5.41, 5.74) is -0.836. The zero-order valence-electron chi connectivity index (χ0n) is 16.9. The van der Waals surface area contributed by atoms with Crippen LogP contribution >= 0.6 is 20.0 Å². The highest BCUT2D eigenvalue weighted by atomic mass is 32.1. The topological polar surface area (TPSA) is 152 Å². The normalized spacial score (nSPS) is 34.6. The van der Waals surface area contributed by atoms with Crippen molar-refractivity contribution in [1.29, 1.82) is 0 Å². The number of rotatable bonds is 5. The molecule has 1 aromatic heterocycles. The maximum absolute atomic E-state index is 15.5. The Morgan fingerprint density at radius 1 is 1.47 bits per heavy atom. The van der Waals surface area contributed by atoms with E-state index in [2.05, 4.69) is 4.98 Å². The summed E-state index contributed by atoms with van der Waals surface area (Å²) in [5.74, 6) is -3.92. The smallest absolute Gasteiger partial charge is 0.404 e. The van der Waals surface area contributed by atoms with E-state index in [1.807, 2.05) is 0 Å². The lowest BCUT2D eigenvalue weighted by atomic mass is 10.1. The number of aromatic amines is 1. The van der Waals surface area contributed by atoms with Crippen molar-refractivity contribution in [2.45, 2.75) is 37.5 Å². The van der Waals surface area contributed by atoms with Crippen LogP contribution in [0.5, 0.6) is 5.75 Å². The van der Waals surface area contributed by atoms with Gasteiger partial charge >= 0.3 is 7.82 Å². The molecule has 1 saturated heterocycles. The van der Waals surface area contributed by atoms with Crippen molar-refractivity contribution in [1.82, 2.24) is 9.55 Å². The van der Waals surface area contributed by atoms with Crippen molar-refractivity contribution in [3.63, 3.8) is 0 Å². The van der Waals surface area contributed by atoms with Crippen LogP contribution in [0.15, 0.2) is 29.2 Å². The fourth-order valence-electron chi connectivity index (χ4n) is 3.03. The fourth-order valence-corrected chi connectivity index (χ4v) is 4.50. The van der Waals surface area contributed by atoms with Gasteiger partial charge in [-0.05, 0) is 30.4 Å². The van der Waals surface area contributed by atoms with Crippen molar-refractivity contribution in [3.05, 3.63) is 56.5 Å². The van der Waals surface area contributed by atoms with E-state index in [9.17, 15) is 29.1 Å². The summed E-state index contributed by atoms with van der Waals surface area (Å²) in [4.78, 5) is 13.9. The number of nitrogens with zero attached hydrogens (tertiary/aromatic N) is 1. The van der Waals surface area contributed by atoms with E-state index in [4.69, 9.17) is 31.9 Å². The second kappa shape index (κ2) is 8.39. The molecule has 1 aromatic carbocycles. The second-order valence-electron chi connectivity index (χ2n) is 6.90. The molecule has 2 aliphatic heterocycles. The van der Waals surface area contributed by atoms with Crippen molar-refractivity contribution in [2.24, 2.45) is 0 Å². The van der Waals surface area contributed by atoms with E-state index in [0.717, 1.165) is 18.3 Å². The number of aliphatic hydroxyl groups is 3. The predicted octanol–water partition coefficient (Wildman–Crippen LogP) is 1.19. The zero-order chi connectivity index (χ0) is 24.2. The Bertz CT molecular complexity index is 1260. The standard InChI is InChI=1S/C17H17F2N2O9PS/c18-10-1-2-11-8(3-10)6-27-31(26,30-11)28-7-17(19)13(24)12(23)15(29-17)21-4-9(5-22)14(25)20-16(21)32/h1-4,12-13,15,22-24H,5-7H2,(H,20,25,32)/t12-,13+,15-,17-,31?/m1/s1/i15D. The van der Waals surface area contributed by atoms with Gasteiger partial charge < -0.3 is 24.6 Å². The number of hydrogen-bond donors (Lipinski definition) is 4. The summed E-state index contributed by atoms with van der Waals surface area (Å²) < 4.78 is 69.9. The number of H-pyrrole nitrogens is 1. The van der Waals surface area contributed by atoms with Crippen LogP contribution in [0, 0.1) is 10.6 Å². The van der Waals surface area contributed by atoms with E-state index >= 15 is 4.39 Å². The van der Waals surface area contributed by atoms with Crippen molar-refractivity contribution in [3.8, 4) is 5.75 Å². The summed E-state index contributed by atoms with van der Waals surface area (Å²) in [6, 6.07) is 3.29. The molecule has 0 saturated carbocycles. The highest BCUT2D eigenvalue weighted by Gasteiger charge is 2.57. The van der Waals surface area contributed by atoms with Crippen LogP contribution in [-0.4, -0.2) is 49.5 Å². The number of hydrogen-bond acceptors (Lipinski definition) is 10. The average molecular weight is 495 g/mol. The number of phosphoric ester groups is 1. The Hall–Kier alpha value is -2.03. The molecule has 0 spiro atoms. The van der Waals surface area contributed by atoms with Gasteiger partial charge in [-0.2, -0.15) is 0 Å². The fraction of sp³-hybridized carbons (Fsp3) is 0.412. The average Bonchev–Trinajstić information content (AvgIpc) is 2.94. The first-order chi connectivity index (χ1) is 15.4. The van der Waals surface area contributed by atoms with Gasteiger partial charge in [0, 0.05) is 11.8 Å². The molecule has 2 aromatic rings. The first-order valence-corrected chi connectivity index (χ1v) is 10.9. The number of aliphatic hydroxyl groups excluding tert-OH is 3. The van der Waals surface area contributed by atoms with Crippen LogP contribution in [0.1, 0.15) is 18.7 Å². The Morgan fingerprint density at radius 2 is 2.22 bits per heavy atom. The van der Waals surface area contributed by atoms with Crippen molar-refractivity contribution in [2.75, 3.05) is 6.61 Å². The van der Waals surface area contributed by atoms with E-state index in [-0.39, 0.29) is 23.5 Å². The number of fused-ring (bicyclic) bond motifs is 1. The molecule has 3 heterocycles. The van der Waals surface area contributed by atoms with Gasteiger partial charge in [-0.1, -0.05) is 0 Å². The highest BCUT2D eigenvalue weighted by molar-refractivity contribution is 7.71. The number of benzene rings is 1. The highest BCUT2D eigenvalue weighted by Crippen LogP contribution is 2.55. The first-order valence-electron chi connectivity index (χ1n) is 9.49. The molecule has 0 radical (unpaired) electrons. The summed E-state index contributed by atoms with van der Waals surface area (Å²) in [7, 11) is -4.45. The lowest BCUT2D eigenvalue weighted by Gasteiger charge is -2.28. The third-order valence-electron chi connectivity index (χ3n) is 4.72. The molecule has 0 bridgehead atoms. The molecule has 32 heavy (non-hydrogen) atoms. The van der Waals surface area contributed by atoms with Gasteiger partial charge in [-0.15, -0.1) is 0 Å². The number of nitrogens with one attached hydrogen (secondary N) is 1. The van der Waals surface area contributed by atoms with E-state index < -0.39 is 61.5 Å². The Kier molecular flexibility index (Phi) is 5.72. The molecule has 5 atom stereocenters. The van der Waals surface area contributed by atoms with Gasteiger partial charge in [0.25, 0.3) is 11.4 Å². The quantitative estimate of drug-likeness (QED) is 0.352. The molecular formula is C17H17F2N2O9PS. The number of halogens is 2. The number of ether oxygens (including phenoxy) is 1. The van der Waals surface area contributed by atoms with Crippen molar-refractivity contribution >= 4 is 20.0 Å². The van der Waals surface area contributed by atoms with Crippen LogP contribution in [0.4, 0.5) is 8.78 Å². The SMILES string of the molecule is [2H][C@@]1(n2cc(CO)c(=O)[nH]c2=S)O[C@](F)(COP2(=O)OCc3cc(F)ccc3O2)[C@@H](O)[C@H]1O. The second-order valence-corrected chi connectivity index (χ2v) is 8.88. The molecular weight excluding hydrogens is 477 g/mol. The maximum Gasteiger partial charge on any atom is 0.530 e. The van der Waals surface area contributed by atoms with Gasteiger partial charge in [0.2, 0.25) is 0 Å². The van der Waals surface area contributed by atoms with Gasteiger partial charge in [0.15, 0.2) is 11.0 Å². The summed E-state index contributed by atoms with van der Waals surface area (Å²) >= 11 is 4.92. The molecule has 1 fully saturated rings. The molecule has 11 nitrogen and oxygen atoms in total. The monoisotopic (exact) mass is 495 g/mol. The van der Waals surface area contributed by atoms with Crippen LogP contribution in [0.25, 0.3) is 0 Å². The minimum atomic E-state index is -4.45. The summed E-state index contributed by atoms with van der Waals surface area (Å²) in [5, 5.41) is 29.9. The Balaban J connectivity index is 1.57. The number of alkyl halides is 1. The first kappa shape index (κ1) is 21.8. The van der Waals surface area contributed by atoms with Crippen LogP contribution < -0.4 is 10.1 Å². The van der Waals surface area contributed by atoms with Gasteiger partial charge in [0.1, 0.15) is 30.4 Å². The third kappa shape index (κ3) is 4.16. The third-order valence-corrected chi connectivity index (χ3v) is 6.33. The van der Waals surface area contributed by atoms with Crippen LogP contribution in [0.2, 0.25) is 0 Å². The molecule has 4 N–H and O–H groups in total. The molecule has 174 valence electrons. The molecule has 1 unspecified atom stereocenters. The summed E-state index contributed by atoms with van der Waals surface area (Å²) in [6.07, 6.45) is -6.62. The lowest BCUT2D eigenvalue weighted by molar-refractivity contribution is -0.205. The van der Waals surface area contributed by atoms with E-state index in [1.165, 1.54) is 6.07 Å². The summed E-state index contributed by atoms with van der Waals surface area (Å²) in [6.45, 7) is -2.47. The van der Waals surface area contributed by atoms with Gasteiger partial charge in [0.05, 0.1) is 20.1 Å². The molecule has 0 aliphatic carbocycles. The van der Waals surface area contributed by atoms with Gasteiger partial charge in [-0.25, -0.2) is 13.3 Å². The number of aromatic nitrogens is 2. The minimum absolute atomic E-state index is 0.0299. The molecule has 15 heteroatoms. The van der Waals surface area contributed by atoms with E-state index in [1.54, 1.807) is 0 Å². The van der Waals surface area contributed by atoms with Crippen molar-refractivity contribution < 1.29 is 48.3 Å². The Morgan fingerprint density at radius 3 is 2.94 bits per heavy atom. The van der Waals surface area contributed by atoms with Crippen LogP contribution in [-0.2, 0) is 31.6 Å². The van der Waals surface area contributed by atoms with Gasteiger partial charge in [-0.3, -0.25) is 23.4 Å². The predicted molar refractivity (Wildman–Crippen MR) is 103 cm³/mol.